The number of nitrogens with one attached hydrogen (secondary N) is 2. The second-order valence-corrected chi connectivity index (χ2v) is 10.4. The van der Waals surface area contributed by atoms with E-state index in [1.54, 1.807) is 31.4 Å². The van der Waals surface area contributed by atoms with Gasteiger partial charge in [-0.1, -0.05) is 11.8 Å². The van der Waals surface area contributed by atoms with Crippen LogP contribution in [0.2, 0.25) is 0 Å². The van der Waals surface area contributed by atoms with E-state index in [0.29, 0.717) is 39.4 Å². The molecule has 0 radical (unpaired) electrons. The van der Waals surface area contributed by atoms with Gasteiger partial charge in [0.25, 0.3) is 5.91 Å². The van der Waals surface area contributed by atoms with Crippen LogP contribution in [0, 0.1) is 11.3 Å². The van der Waals surface area contributed by atoms with E-state index in [9.17, 15) is 14.9 Å². The van der Waals surface area contributed by atoms with Crippen molar-refractivity contribution in [2.75, 3.05) is 18.2 Å². The Labute approximate surface area is 218 Å². The Morgan fingerprint density at radius 3 is 2.69 bits per heavy atom. The van der Waals surface area contributed by atoms with Crippen LogP contribution in [-0.2, 0) is 24.2 Å². The number of anilines is 1. The van der Waals surface area contributed by atoms with Crippen LogP contribution < -0.4 is 15.4 Å². The normalized spacial score (nSPS) is 13.4. The van der Waals surface area contributed by atoms with E-state index in [4.69, 9.17) is 4.74 Å². The highest BCUT2D eigenvalue weighted by Crippen LogP contribution is 2.37. The molecule has 1 aliphatic carbocycles. The average molecular weight is 525 g/mol. The molecular formula is C25H28N6O3S2. The number of amides is 2. The number of benzene rings is 1. The maximum Gasteiger partial charge on any atom is 0.251 e. The number of aromatic nitrogens is 3. The van der Waals surface area contributed by atoms with E-state index in [2.05, 4.69) is 26.9 Å². The Balaban J connectivity index is 1.38. The highest BCUT2D eigenvalue weighted by Gasteiger charge is 2.23. The molecule has 9 nitrogen and oxygen atoms in total. The van der Waals surface area contributed by atoms with Crippen molar-refractivity contribution in [3.05, 3.63) is 51.7 Å². The number of methoxy groups -OCH3 is 1. The average Bonchev–Trinajstić information content (AvgIpc) is 3.47. The second kappa shape index (κ2) is 11.6. The topological polar surface area (TPSA) is 122 Å². The molecule has 0 spiro atoms. The van der Waals surface area contributed by atoms with E-state index >= 15 is 0 Å². The number of carbonyl (C=O) groups excluding carboxylic acids is 2. The third kappa shape index (κ3) is 5.55. The molecule has 1 atom stereocenters. The summed E-state index contributed by atoms with van der Waals surface area (Å²) in [5, 5.41) is 25.3. The lowest BCUT2D eigenvalue weighted by Crippen LogP contribution is -2.28. The van der Waals surface area contributed by atoms with Gasteiger partial charge in [0.05, 0.1) is 24.5 Å². The Hall–Kier alpha value is -3.36. The predicted octanol–water partition coefficient (Wildman–Crippen LogP) is 4.34. The summed E-state index contributed by atoms with van der Waals surface area (Å²) in [6.07, 6.45) is 4.06. The molecule has 2 heterocycles. The number of hydrogen-bond acceptors (Lipinski definition) is 8. The first-order valence-electron chi connectivity index (χ1n) is 11.8. The van der Waals surface area contributed by atoms with Crippen molar-refractivity contribution in [3.8, 4) is 11.8 Å². The minimum absolute atomic E-state index is 0.137. The first-order chi connectivity index (χ1) is 17.4. The van der Waals surface area contributed by atoms with Crippen LogP contribution in [0.1, 0.15) is 64.9 Å². The number of fused-ring (bicyclic) bond motifs is 1. The molecule has 0 fully saturated rings. The van der Waals surface area contributed by atoms with Crippen molar-refractivity contribution in [3.63, 3.8) is 0 Å². The SMILES string of the molecule is CCn1c(SCC(=O)Nc2sc3c(c2C#N)CCCC3)nnc1C(C)NC(=O)c1ccc(OC)cc1. The molecule has 1 unspecified atom stereocenters. The molecule has 2 N–H and O–H groups in total. The Kier molecular flexibility index (Phi) is 8.28. The number of thioether (sulfide) groups is 1. The van der Waals surface area contributed by atoms with Gasteiger partial charge in [0.15, 0.2) is 11.0 Å². The van der Waals surface area contributed by atoms with Gasteiger partial charge in [-0.15, -0.1) is 21.5 Å². The van der Waals surface area contributed by atoms with E-state index in [0.717, 1.165) is 31.2 Å². The third-order valence-corrected chi connectivity index (χ3v) is 8.19. The standard InChI is InChI=1S/C25H28N6O3S2/c1-4-31-22(15(2)27-23(33)16-9-11-17(34-3)12-10-16)29-30-25(31)35-14-21(32)28-24-19(13-26)18-7-5-6-8-20(18)36-24/h9-12,15H,4-8,14H2,1-3H3,(H,27,33)(H,28,32). The number of carbonyl (C=O) groups is 2. The van der Waals surface area contributed by atoms with Crippen molar-refractivity contribution < 1.29 is 14.3 Å². The summed E-state index contributed by atoms with van der Waals surface area (Å²) in [6.45, 7) is 4.40. The molecule has 36 heavy (non-hydrogen) atoms. The lowest BCUT2D eigenvalue weighted by molar-refractivity contribution is -0.113. The summed E-state index contributed by atoms with van der Waals surface area (Å²) < 4.78 is 7.03. The fourth-order valence-corrected chi connectivity index (χ4v) is 6.24. The number of hydrogen-bond donors (Lipinski definition) is 2. The number of thiophene rings is 1. The van der Waals surface area contributed by atoms with Gasteiger partial charge in [-0.2, -0.15) is 5.26 Å². The molecule has 11 heteroatoms. The Bertz CT molecular complexity index is 1290. The van der Waals surface area contributed by atoms with Crippen molar-refractivity contribution in [1.29, 1.82) is 5.26 Å². The lowest BCUT2D eigenvalue weighted by Gasteiger charge is -2.15. The Morgan fingerprint density at radius 2 is 2.00 bits per heavy atom. The maximum absolute atomic E-state index is 12.7. The van der Waals surface area contributed by atoms with Crippen molar-refractivity contribution >= 4 is 39.9 Å². The fourth-order valence-electron chi connectivity index (χ4n) is 4.18. The molecule has 0 saturated carbocycles. The lowest BCUT2D eigenvalue weighted by atomic mass is 9.96. The molecule has 4 rings (SSSR count). The first-order valence-corrected chi connectivity index (χ1v) is 13.6. The number of aryl methyl sites for hydroxylation is 1. The molecule has 0 saturated heterocycles. The van der Waals surface area contributed by atoms with E-state index in [1.165, 1.54) is 28.0 Å². The summed E-state index contributed by atoms with van der Waals surface area (Å²) in [5.41, 5.74) is 2.22. The van der Waals surface area contributed by atoms with Crippen LogP contribution in [0.4, 0.5) is 5.00 Å². The zero-order valence-electron chi connectivity index (χ0n) is 20.5. The molecule has 1 aliphatic rings. The molecule has 3 aromatic rings. The molecule has 2 amide bonds. The van der Waals surface area contributed by atoms with Crippen LogP contribution in [0.15, 0.2) is 29.4 Å². The quantitative estimate of drug-likeness (QED) is 0.399. The van der Waals surface area contributed by atoms with Gasteiger partial charge in [0.1, 0.15) is 16.8 Å². The number of rotatable bonds is 9. The van der Waals surface area contributed by atoms with Crippen molar-refractivity contribution in [1.82, 2.24) is 20.1 Å². The minimum Gasteiger partial charge on any atom is -0.497 e. The summed E-state index contributed by atoms with van der Waals surface area (Å²) >= 11 is 2.79. The summed E-state index contributed by atoms with van der Waals surface area (Å²) in [4.78, 5) is 26.6. The number of nitriles is 1. The van der Waals surface area contributed by atoms with Crippen molar-refractivity contribution in [2.24, 2.45) is 0 Å². The van der Waals surface area contributed by atoms with E-state index in [-0.39, 0.29) is 23.6 Å². The molecule has 0 aliphatic heterocycles. The van der Waals surface area contributed by atoms with Gasteiger partial charge in [-0.25, -0.2) is 0 Å². The monoisotopic (exact) mass is 524 g/mol. The fraction of sp³-hybridized carbons (Fsp3) is 0.400. The van der Waals surface area contributed by atoms with E-state index < -0.39 is 0 Å². The largest absolute Gasteiger partial charge is 0.497 e. The maximum atomic E-state index is 12.7. The molecule has 0 bridgehead atoms. The highest BCUT2D eigenvalue weighted by atomic mass is 32.2. The van der Waals surface area contributed by atoms with Crippen LogP contribution in [0.25, 0.3) is 0 Å². The van der Waals surface area contributed by atoms with Gasteiger partial charge in [0, 0.05) is 17.0 Å². The van der Waals surface area contributed by atoms with Crippen LogP contribution in [0.3, 0.4) is 0 Å². The number of ether oxygens (including phenoxy) is 1. The summed E-state index contributed by atoms with van der Waals surface area (Å²) in [7, 11) is 1.58. The molecule has 1 aromatic carbocycles. The zero-order valence-corrected chi connectivity index (χ0v) is 22.1. The van der Waals surface area contributed by atoms with Gasteiger partial charge in [-0.3, -0.25) is 9.59 Å². The summed E-state index contributed by atoms with van der Waals surface area (Å²) in [6, 6.07) is 8.76. The second-order valence-electron chi connectivity index (χ2n) is 8.37. The van der Waals surface area contributed by atoms with Crippen molar-refractivity contribution in [2.45, 2.75) is 57.3 Å². The Morgan fingerprint density at radius 1 is 1.25 bits per heavy atom. The smallest absolute Gasteiger partial charge is 0.251 e. The van der Waals surface area contributed by atoms with Gasteiger partial charge >= 0.3 is 0 Å². The van der Waals surface area contributed by atoms with Gasteiger partial charge in [0.2, 0.25) is 5.91 Å². The van der Waals surface area contributed by atoms with E-state index in [1.807, 2.05) is 18.4 Å². The van der Waals surface area contributed by atoms with Crippen LogP contribution >= 0.6 is 23.1 Å². The third-order valence-electron chi connectivity index (χ3n) is 6.02. The molecule has 2 aromatic heterocycles. The molecular weight excluding hydrogens is 496 g/mol. The van der Waals surface area contributed by atoms with Crippen LogP contribution in [0.5, 0.6) is 5.75 Å². The minimum atomic E-state index is -0.383. The molecule has 188 valence electrons. The highest BCUT2D eigenvalue weighted by molar-refractivity contribution is 7.99. The predicted molar refractivity (Wildman–Crippen MR) is 140 cm³/mol. The first kappa shape index (κ1) is 25.7. The summed E-state index contributed by atoms with van der Waals surface area (Å²) in [5.74, 6) is 1.01. The van der Waals surface area contributed by atoms with Gasteiger partial charge < -0.3 is 19.9 Å². The zero-order chi connectivity index (χ0) is 25.7. The number of nitrogens with zero attached hydrogens (tertiary/aromatic N) is 4. The van der Waals surface area contributed by atoms with Crippen LogP contribution in [-0.4, -0.2) is 39.4 Å². The van der Waals surface area contributed by atoms with Gasteiger partial charge in [-0.05, 0) is 69.4 Å².